The van der Waals surface area contributed by atoms with Gasteiger partial charge < -0.3 is 14.8 Å². The van der Waals surface area contributed by atoms with Crippen molar-refractivity contribution in [2.45, 2.75) is 13.0 Å². The van der Waals surface area contributed by atoms with Crippen molar-refractivity contribution in [1.82, 2.24) is 5.32 Å². The van der Waals surface area contributed by atoms with Crippen LogP contribution in [0.3, 0.4) is 0 Å². The van der Waals surface area contributed by atoms with E-state index in [1.165, 1.54) is 24.3 Å². The number of amides is 1. The lowest BCUT2D eigenvalue weighted by Crippen LogP contribution is -2.31. The first kappa shape index (κ1) is 18.9. The van der Waals surface area contributed by atoms with Gasteiger partial charge in [0.15, 0.2) is 13.2 Å². The normalized spacial score (nSPS) is 11.3. The second-order valence-corrected chi connectivity index (χ2v) is 5.40. The molecule has 2 aromatic rings. The zero-order valence-corrected chi connectivity index (χ0v) is 14.1. The summed E-state index contributed by atoms with van der Waals surface area (Å²) in [5.41, 5.74) is 0.859. The molecule has 0 saturated carbocycles. The zero-order chi connectivity index (χ0) is 18.9. The summed E-state index contributed by atoms with van der Waals surface area (Å²) in [6.07, 6.45) is 0. The summed E-state index contributed by atoms with van der Waals surface area (Å²) in [5.74, 6) is -0.856. The molecule has 0 fully saturated rings. The van der Waals surface area contributed by atoms with Crippen molar-refractivity contribution in [1.29, 1.82) is 0 Å². The van der Waals surface area contributed by atoms with Gasteiger partial charge in [-0.05, 0) is 24.6 Å². The van der Waals surface area contributed by atoms with Crippen LogP contribution in [0, 0.1) is 10.1 Å². The number of hydrogen-bond acceptors (Lipinski definition) is 6. The van der Waals surface area contributed by atoms with Gasteiger partial charge in [-0.25, -0.2) is 4.79 Å². The molecule has 0 saturated heterocycles. The van der Waals surface area contributed by atoms with E-state index in [1.54, 1.807) is 0 Å². The van der Waals surface area contributed by atoms with Gasteiger partial charge in [0.05, 0.1) is 11.0 Å². The number of nitrogens with one attached hydrogen (secondary N) is 1. The molecule has 8 nitrogen and oxygen atoms in total. The van der Waals surface area contributed by atoms with E-state index < -0.39 is 30.0 Å². The summed E-state index contributed by atoms with van der Waals surface area (Å²) in [6.45, 7) is 1.01. The van der Waals surface area contributed by atoms with E-state index in [2.05, 4.69) is 5.32 Å². The van der Waals surface area contributed by atoms with Crippen LogP contribution in [0.15, 0.2) is 54.6 Å². The predicted octanol–water partition coefficient (Wildman–Crippen LogP) is 2.39. The zero-order valence-electron chi connectivity index (χ0n) is 14.1. The topological polar surface area (TPSA) is 108 Å². The molecule has 0 bridgehead atoms. The minimum atomic E-state index is -0.717. The van der Waals surface area contributed by atoms with Gasteiger partial charge in [0, 0.05) is 12.1 Å². The lowest BCUT2D eigenvalue weighted by Gasteiger charge is -2.14. The van der Waals surface area contributed by atoms with Gasteiger partial charge in [-0.1, -0.05) is 30.3 Å². The van der Waals surface area contributed by atoms with Crippen molar-refractivity contribution in [3.63, 3.8) is 0 Å². The molecule has 1 N–H and O–H groups in total. The fraction of sp³-hybridized carbons (Fsp3) is 0.222. The number of carbonyl (C=O) groups is 2. The molecule has 2 aromatic carbocycles. The summed E-state index contributed by atoms with van der Waals surface area (Å²) in [5, 5.41) is 13.3. The van der Waals surface area contributed by atoms with E-state index in [1.807, 2.05) is 37.3 Å². The van der Waals surface area contributed by atoms with E-state index in [-0.39, 0.29) is 17.5 Å². The van der Waals surface area contributed by atoms with E-state index in [0.717, 1.165) is 5.56 Å². The molecule has 0 aliphatic carbocycles. The highest BCUT2D eigenvalue weighted by Crippen LogP contribution is 2.17. The van der Waals surface area contributed by atoms with E-state index in [9.17, 15) is 19.7 Å². The molecule has 0 heterocycles. The van der Waals surface area contributed by atoms with Gasteiger partial charge >= 0.3 is 5.97 Å². The third-order valence-corrected chi connectivity index (χ3v) is 3.45. The summed E-state index contributed by atoms with van der Waals surface area (Å²) in [7, 11) is 0. The number of nitro benzene ring substituents is 1. The molecule has 0 aliphatic heterocycles. The Labute approximate surface area is 149 Å². The number of hydrogen-bond donors (Lipinski definition) is 1. The quantitative estimate of drug-likeness (QED) is 0.441. The molecule has 26 heavy (non-hydrogen) atoms. The Morgan fingerprint density at radius 1 is 1.08 bits per heavy atom. The molecule has 0 radical (unpaired) electrons. The number of non-ortho nitro benzene ring substituents is 1. The molecule has 0 spiro atoms. The minimum absolute atomic E-state index is 0.0795. The van der Waals surface area contributed by atoms with Gasteiger partial charge in [0.1, 0.15) is 5.75 Å². The SMILES string of the molecule is C[C@H](NC(=O)COC(=O)COc1ccc([N+](=O)[O-])cc1)c1ccccc1. The van der Waals surface area contributed by atoms with Crippen molar-refractivity contribution in [2.75, 3.05) is 13.2 Å². The summed E-state index contributed by atoms with van der Waals surface area (Å²) in [6, 6.07) is 14.5. The van der Waals surface area contributed by atoms with Crippen LogP contribution >= 0.6 is 0 Å². The van der Waals surface area contributed by atoms with Gasteiger partial charge in [-0.3, -0.25) is 14.9 Å². The van der Waals surface area contributed by atoms with Crippen LogP contribution in [0.5, 0.6) is 5.75 Å². The van der Waals surface area contributed by atoms with E-state index in [0.29, 0.717) is 0 Å². The average molecular weight is 358 g/mol. The molecular formula is C18H18N2O6. The maximum atomic E-state index is 11.8. The van der Waals surface area contributed by atoms with Crippen LogP contribution in [-0.4, -0.2) is 30.0 Å². The minimum Gasteiger partial charge on any atom is -0.482 e. The Morgan fingerprint density at radius 3 is 2.35 bits per heavy atom. The number of carbonyl (C=O) groups excluding carboxylic acids is 2. The Kier molecular flexibility index (Phi) is 6.67. The predicted molar refractivity (Wildman–Crippen MR) is 92.6 cm³/mol. The number of ether oxygens (including phenoxy) is 2. The van der Waals surface area contributed by atoms with Crippen LogP contribution in [0.4, 0.5) is 5.69 Å². The first-order valence-electron chi connectivity index (χ1n) is 7.83. The molecule has 8 heteroatoms. The third kappa shape index (κ3) is 5.90. The standard InChI is InChI=1S/C18H18N2O6/c1-13(14-5-3-2-4-6-14)19-17(21)11-26-18(22)12-25-16-9-7-15(8-10-16)20(23)24/h2-10,13H,11-12H2,1H3,(H,19,21)/t13-/m0/s1. The van der Waals surface area contributed by atoms with Crippen molar-refractivity contribution >= 4 is 17.6 Å². The highest BCUT2D eigenvalue weighted by Gasteiger charge is 2.12. The van der Waals surface area contributed by atoms with Crippen molar-refractivity contribution in [3.05, 3.63) is 70.3 Å². The number of rotatable bonds is 8. The largest absolute Gasteiger partial charge is 0.482 e. The fourth-order valence-corrected chi connectivity index (χ4v) is 2.10. The number of benzene rings is 2. The first-order chi connectivity index (χ1) is 12.5. The molecule has 0 unspecified atom stereocenters. The maximum Gasteiger partial charge on any atom is 0.344 e. The smallest absolute Gasteiger partial charge is 0.344 e. The van der Waals surface area contributed by atoms with Crippen molar-refractivity contribution in [2.24, 2.45) is 0 Å². The lowest BCUT2D eigenvalue weighted by molar-refractivity contribution is -0.384. The molecule has 2 rings (SSSR count). The molecule has 1 amide bonds. The molecule has 0 aliphatic rings. The Morgan fingerprint density at radius 2 is 1.73 bits per heavy atom. The molecule has 1 atom stereocenters. The van der Waals surface area contributed by atoms with Gasteiger partial charge in [0.25, 0.3) is 11.6 Å². The molecular weight excluding hydrogens is 340 g/mol. The van der Waals surface area contributed by atoms with Gasteiger partial charge in [-0.15, -0.1) is 0 Å². The Bertz CT molecular complexity index is 761. The lowest BCUT2D eigenvalue weighted by atomic mass is 10.1. The first-order valence-corrected chi connectivity index (χ1v) is 7.83. The Balaban J connectivity index is 1.71. The number of nitrogens with zero attached hydrogens (tertiary/aromatic N) is 1. The molecule has 136 valence electrons. The molecule has 0 aromatic heterocycles. The van der Waals surface area contributed by atoms with Crippen LogP contribution in [0.2, 0.25) is 0 Å². The maximum absolute atomic E-state index is 11.8. The highest BCUT2D eigenvalue weighted by molar-refractivity contribution is 5.81. The van der Waals surface area contributed by atoms with E-state index in [4.69, 9.17) is 9.47 Å². The third-order valence-electron chi connectivity index (χ3n) is 3.45. The van der Waals surface area contributed by atoms with Crippen molar-refractivity contribution in [3.8, 4) is 5.75 Å². The monoisotopic (exact) mass is 358 g/mol. The Hall–Kier alpha value is -3.42. The second kappa shape index (κ2) is 9.16. The summed E-state index contributed by atoms with van der Waals surface area (Å²) >= 11 is 0. The van der Waals surface area contributed by atoms with E-state index >= 15 is 0 Å². The van der Waals surface area contributed by atoms with Crippen LogP contribution in [-0.2, 0) is 14.3 Å². The number of nitro groups is 1. The number of esters is 1. The average Bonchev–Trinajstić information content (AvgIpc) is 2.65. The van der Waals surface area contributed by atoms with Gasteiger partial charge in [0.2, 0.25) is 0 Å². The highest BCUT2D eigenvalue weighted by atomic mass is 16.6. The second-order valence-electron chi connectivity index (χ2n) is 5.40. The van der Waals surface area contributed by atoms with Crippen LogP contribution in [0.1, 0.15) is 18.5 Å². The van der Waals surface area contributed by atoms with Crippen LogP contribution < -0.4 is 10.1 Å². The summed E-state index contributed by atoms with van der Waals surface area (Å²) in [4.78, 5) is 33.4. The van der Waals surface area contributed by atoms with Gasteiger partial charge in [-0.2, -0.15) is 0 Å². The van der Waals surface area contributed by atoms with Crippen molar-refractivity contribution < 1.29 is 24.0 Å². The van der Waals surface area contributed by atoms with Crippen LogP contribution in [0.25, 0.3) is 0 Å². The fourth-order valence-electron chi connectivity index (χ4n) is 2.10. The summed E-state index contributed by atoms with van der Waals surface area (Å²) < 4.78 is 10.00.